The highest BCUT2D eigenvalue weighted by Gasteiger charge is 2.02. The van der Waals surface area contributed by atoms with Crippen LogP contribution in [0.4, 0.5) is 5.69 Å². The van der Waals surface area contributed by atoms with E-state index < -0.39 is 5.97 Å². The number of hydrogen-bond donors (Lipinski definition) is 1. The number of anilines is 1. The lowest BCUT2D eigenvalue weighted by Crippen LogP contribution is -2.06. The van der Waals surface area contributed by atoms with Gasteiger partial charge in [-0.1, -0.05) is 36.9 Å². The van der Waals surface area contributed by atoms with Crippen molar-refractivity contribution < 1.29 is 14.3 Å². The van der Waals surface area contributed by atoms with Crippen LogP contribution in [0.1, 0.15) is 6.42 Å². The average molecular weight is 347 g/mol. The van der Waals surface area contributed by atoms with Crippen LogP contribution in [-0.4, -0.2) is 19.2 Å². The lowest BCUT2D eigenvalue weighted by molar-refractivity contribution is -0.137. The summed E-state index contributed by atoms with van der Waals surface area (Å²) in [4.78, 5) is 11.0. The summed E-state index contributed by atoms with van der Waals surface area (Å²) in [5.41, 5.74) is 8.79. The molecule has 0 aliphatic heterocycles. The normalized spacial score (nSPS) is 10.5. The molecule has 0 bridgehead atoms. The van der Waals surface area contributed by atoms with E-state index in [4.69, 9.17) is 15.2 Å². The van der Waals surface area contributed by atoms with Crippen molar-refractivity contribution in [1.29, 1.82) is 0 Å². The number of benzene rings is 3. The molecule has 132 valence electrons. The van der Waals surface area contributed by atoms with E-state index in [0.29, 0.717) is 19.6 Å². The van der Waals surface area contributed by atoms with E-state index in [1.165, 1.54) is 0 Å². The third kappa shape index (κ3) is 4.42. The SMILES string of the molecule is C=CC(=O)OCCCOc1ccc2cc(-c3ccc(N)cc3)ccc2c1. The van der Waals surface area contributed by atoms with Gasteiger partial charge in [-0.25, -0.2) is 4.79 Å². The molecule has 3 aromatic rings. The molecule has 0 saturated heterocycles. The molecule has 4 nitrogen and oxygen atoms in total. The van der Waals surface area contributed by atoms with Gasteiger partial charge in [0.05, 0.1) is 13.2 Å². The fourth-order valence-corrected chi connectivity index (χ4v) is 2.65. The third-order valence-electron chi connectivity index (χ3n) is 4.02. The standard InChI is InChI=1S/C22H21NO3/c1-2-22(24)26-13-3-12-25-21-11-8-18-14-17(4-5-19(18)15-21)16-6-9-20(23)10-7-16/h2,4-11,14-15H,1,3,12-13,23H2. The molecule has 3 rings (SSSR count). The van der Waals surface area contributed by atoms with Gasteiger partial charge in [0, 0.05) is 18.2 Å². The van der Waals surface area contributed by atoms with Crippen molar-refractivity contribution >= 4 is 22.4 Å². The summed E-state index contributed by atoms with van der Waals surface area (Å²) in [6.45, 7) is 4.16. The summed E-state index contributed by atoms with van der Waals surface area (Å²) < 4.78 is 10.6. The molecule has 26 heavy (non-hydrogen) atoms. The topological polar surface area (TPSA) is 61.5 Å². The summed E-state index contributed by atoms with van der Waals surface area (Å²) in [5.74, 6) is 0.389. The van der Waals surface area contributed by atoms with E-state index in [1.54, 1.807) is 0 Å². The first-order valence-electron chi connectivity index (χ1n) is 8.47. The Morgan fingerprint density at radius 1 is 0.923 bits per heavy atom. The summed E-state index contributed by atoms with van der Waals surface area (Å²) in [6.07, 6.45) is 1.79. The molecule has 3 aromatic carbocycles. The van der Waals surface area contributed by atoms with E-state index in [9.17, 15) is 4.79 Å². The minimum absolute atomic E-state index is 0.323. The molecule has 0 aromatic heterocycles. The zero-order valence-corrected chi connectivity index (χ0v) is 14.5. The maximum atomic E-state index is 11.0. The van der Waals surface area contributed by atoms with E-state index in [1.807, 2.05) is 42.5 Å². The molecule has 0 heterocycles. The highest BCUT2D eigenvalue weighted by molar-refractivity contribution is 5.88. The van der Waals surface area contributed by atoms with E-state index >= 15 is 0 Å². The highest BCUT2D eigenvalue weighted by Crippen LogP contribution is 2.27. The molecular weight excluding hydrogens is 326 g/mol. The van der Waals surface area contributed by atoms with Gasteiger partial charge in [0.15, 0.2) is 0 Å². The summed E-state index contributed by atoms with van der Waals surface area (Å²) >= 11 is 0. The molecule has 0 amide bonds. The number of hydrogen-bond acceptors (Lipinski definition) is 4. The Bertz CT molecular complexity index is 916. The van der Waals surface area contributed by atoms with Gasteiger partial charge in [-0.15, -0.1) is 0 Å². The smallest absolute Gasteiger partial charge is 0.330 e. The van der Waals surface area contributed by atoms with Gasteiger partial charge in [-0.3, -0.25) is 0 Å². The second kappa shape index (κ2) is 8.21. The number of ether oxygens (including phenoxy) is 2. The monoisotopic (exact) mass is 347 g/mol. The zero-order valence-electron chi connectivity index (χ0n) is 14.5. The molecule has 0 unspecified atom stereocenters. The van der Waals surface area contributed by atoms with E-state index in [0.717, 1.165) is 39.4 Å². The van der Waals surface area contributed by atoms with Gasteiger partial charge in [-0.05, 0) is 52.2 Å². The van der Waals surface area contributed by atoms with Crippen LogP contribution in [0.5, 0.6) is 5.75 Å². The number of rotatable bonds is 7. The molecule has 0 fully saturated rings. The number of carbonyl (C=O) groups excluding carboxylic acids is 1. The van der Waals surface area contributed by atoms with Gasteiger partial charge in [0.2, 0.25) is 0 Å². The van der Waals surface area contributed by atoms with Gasteiger partial charge >= 0.3 is 5.97 Å². The summed E-state index contributed by atoms with van der Waals surface area (Å²) in [5, 5.41) is 2.26. The maximum absolute atomic E-state index is 11.0. The second-order valence-electron chi connectivity index (χ2n) is 5.92. The minimum Gasteiger partial charge on any atom is -0.493 e. The zero-order chi connectivity index (χ0) is 18.4. The largest absolute Gasteiger partial charge is 0.493 e. The third-order valence-corrected chi connectivity index (χ3v) is 4.02. The van der Waals surface area contributed by atoms with Gasteiger partial charge < -0.3 is 15.2 Å². The van der Waals surface area contributed by atoms with Crippen LogP contribution in [0.2, 0.25) is 0 Å². The Morgan fingerprint density at radius 3 is 2.38 bits per heavy atom. The van der Waals surface area contributed by atoms with Crippen LogP contribution in [0.15, 0.2) is 73.3 Å². The van der Waals surface area contributed by atoms with Crippen LogP contribution in [0, 0.1) is 0 Å². The quantitative estimate of drug-likeness (QED) is 0.294. The molecule has 0 aliphatic carbocycles. The molecular formula is C22H21NO3. The molecule has 0 aliphatic rings. The van der Waals surface area contributed by atoms with Gasteiger partial charge in [0.1, 0.15) is 5.75 Å². The maximum Gasteiger partial charge on any atom is 0.330 e. The predicted molar refractivity (Wildman–Crippen MR) is 105 cm³/mol. The Labute approximate surface area is 152 Å². The first-order chi connectivity index (χ1) is 12.7. The molecule has 0 radical (unpaired) electrons. The lowest BCUT2D eigenvalue weighted by Gasteiger charge is -2.09. The molecule has 0 atom stereocenters. The lowest BCUT2D eigenvalue weighted by atomic mass is 10.0. The molecule has 4 heteroatoms. The van der Waals surface area contributed by atoms with E-state index in [-0.39, 0.29) is 0 Å². The number of esters is 1. The van der Waals surface area contributed by atoms with Gasteiger partial charge in [-0.2, -0.15) is 0 Å². The van der Waals surface area contributed by atoms with Crippen molar-refractivity contribution in [1.82, 2.24) is 0 Å². The first-order valence-corrected chi connectivity index (χ1v) is 8.47. The fraction of sp³-hybridized carbons (Fsp3) is 0.136. The minimum atomic E-state index is -0.410. The van der Waals surface area contributed by atoms with Crippen molar-refractivity contribution in [2.45, 2.75) is 6.42 Å². The van der Waals surface area contributed by atoms with Crippen molar-refractivity contribution in [3.63, 3.8) is 0 Å². The Balaban J connectivity index is 1.64. The first kappa shape index (κ1) is 17.5. The molecule has 0 spiro atoms. The number of carbonyl (C=O) groups is 1. The Morgan fingerprint density at radius 2 is 1.62 bits per heavy atom. The second-order valence-corrected chi connectivity index (χ2v) is 5.92. The van der Waals surface area contributed by atoms with Crippen molar-refractivity contribution in [3.05, 3.63) is 73.3 Å². The average Bonchev–Trinajstić information content (AvgIpc) is 2.67. The summed E-state index contributed by atoms with van der Waals surface area (Å²) in [7, 11) is 0. The number of nitrogen functional groups attached to an aromatic ring is 1. The van der Waals surface area contributed by atoms with Crippen molar-refractivity contribution in [2.24, 2.45) is 0 Å². The molecule has 2 N–H and O–H groups in total. The number of fused-ring (bicyclic) bond motifs is 1. The van der Waals surface area contributed by atoms with Crippen molar-refractivity contribution in [2.75, 3.05) is 18.9 Å². The highest BCUT2D eigenvalue weighted by atomic mass is 16.5. The van der Waals surface area contributed by atoms with Crippen LogP contribution in [0.3, 0.4) is 0 Å². The predicted octanol–water partition coefficient (Wildman–Crippen LogP) is 4.59. The van der Waals surface area contributed by atoms with E-state index in [2.05, 4.69) is 24.8 Å². The number of nitrogens with two attached hydrogens (primary N) is 1. The van der Waals surface area contributed by atoms with Gasteiger partial charge in [0.25, 0.3) is 0 Å². The van der Waals surface area contributed by atoms with Crippen LogP contribution in [-0.2, 0) is 9.53 Å². The van der Waals surface area contributed by atoms with Crippen LogP contribution >= 0.6 is 0 Å². The fourth-order valence-electron chi connectivity index (χ4n) is 2.65. The Hall–Kier alpha value is -3.27. The molecule has 0 saturated carbocycles. The van der Waals surface area contributed by atoms with Crippen LogP contribution < -0.4 is 10.5 Å². The van der Waals surface area contributed by atoms with Crippen molar-refractivity contribution in [3.8, 4) is 16.9 Å². The Kier molecular flexibility index (Phi) is 5.54. The van der Waals surface area contributed by atoms with Crippen LogP contribution in [0.25, 0.3) is 21.9 Å². The summed E-state index contributed by atoms with van der Waals surface area (Å²) in [6, 6.07) is 20.2.